The van der Waals surface area contributed by atoms with E-state index in [2.05, 4.69) is 31.1 Å². The minimum absolute atomic E-state index is 0.0355. The molecule has 4 aliphatic rings. The summed E-state index contributed by atoms with van der Waals surface area (Å²) in [4.78, 5) is 4.56. The Hall–Kier alpha value is -0.560. The van der Waals surface area contributed by atoms with Crippen molar-refractivity contribution < 1.29 is 22.3 Å². The van der Waals surface area contributed by atoms with Crippen molar-refractivity contribution in [3.8, 4) is 0 Å². The lowest BCUT2D eigenvalue weighted by Crippen LogP contribution is -2.77. The van der Waals surface area contributed by atoms with Crippen molar-refractivity contribution in [2.24, 2.45) is 5.92 Å². The molecule has 2 saturated carbocycles. The topological polar surface area (TPSA) is 63.8 Å². The highest BCUT2D eigenvalue weighted by molar-refractivity contribution is 4.90. The fourth-order valence-corrected chi connectivity index (χ4v) is 5.85. The third kappa shape index (κ3) is 6.77. The van der Waals surface area contributed by atoms with Gasteiger partial charge in [-0.1, -0.05) is 19.3 Å². The van der Waals surface area contributed by atoms with Crippen LogP contribution in [0.5, 0.6) is 0 Å². The van der Waals surface area contributed by atoms with Crippen LogP contribution in [0.25, 0.3) is 0 Å². The van der Waals surface area contributed by atoms with Crippen molar-refractivity contribution >= 4 is 0 Å². The Morgan fingerprint density at radius 2 is 1.64 bits per heavy atom. The van der Waals surface area contributed by atoms with Crippen molar-refractivity contribution in [1.29, 1.82) is 0 Å². The Morgan fingerprint density at radius 3 is 2.33 bits per heavy atom. The fourth-order valence-electron chi connectivity index (χ4n) is 5.85. The molecule has 0 amide bonds. The molecule has 33 heavy (non-hydrogen) atoms. The highest BCUT2D eigenvalue weighted by atomic mass is 19.4. The SMILES string of the molecule is CCOC1NC(NC2CCCC(C(F)(F)F)C2)NC(N2CCN(C3CCCCC3F)CC2)N1. The zero-order chi connectivity index (χ0) is 23.4. The van der Waals surface area contributed by atoms with E-state index in [0.717, 1.165) is 51.9 Å². The van der Waals surface area contributed by atoms with Gasteiger partial charge in [-0.25, -0.2) is 4.39 Å². The van der Waals surface area contributed by atoms with Crippen LogP contribution in [0.1, 0.15) is 58.3 Å². The molecule has 4 rings (SSSR count). The number of nitrogens with zero attached hydrogens (tertiary/aromatic N) is 2. The van der Waals surface area contributed by atoms with E-state index in [4.69, 9.17) is 4.74 Å². The van der Waals surface area contributed by atoms with Crippen LogP contribution >= 0.6 is 0 Å². The third-order valence-electron chi connectivity index (χ3n) is 7.65. The van der Waals surface area contributed by atoms with Crippen molar-refractivity contribution in [3.63, 3.8) is 0 Å². The van der Waals surface area contributed by atoms with E-state index in [0.29, 0.717) is 19.4 Å². The Morgan fingerprint density at radius 1 is 0.909 bits per heavy atom. The molecule has 7 atom stereocenters. The normalized spacial score (nSPS) is 40.1. The molecule has 2 heterocycles. The van der Waals surface area contributed by atoms with E-state index in [-0.39, 0.29) is 37.5 Å². The summed E-state index contributed by atoms with van der Waals surface area (Å²) in [6.45, 7) is 5.63. The van der Waals surface area contributed by atoms with Crippen LogP contribution in [0.15, 0.2) is 0 Å². The van der Waals surface area contributed by atoms with Gasteiger partial charge in [-0.2, -0.15) is 13.2 Å². The van der Waals surface area contributed by atoms with Gasteiger partial charge < -0.3 is 4.74 Å². The molecule has 7 nitrogen and oxygen atoms in total. The van der Waals surface area contributed by atoms with Gasteiger partial charge >= 0.3 is 6.18 Å². The molecule has 4 N–H and O–H groups in total. The first-order valence-electron chi connectivity index (χ1n) is 12.7. The number of rotatable bonds is 6. The minimum Gasteiger partial charge on any atom is -0.350 e. The van der Waals surface area contributed by atoms with Crippen LogP contribution < -0.4 is 21.3 Å². The third-order valence-corrected chi connectivity index (χ3v) is 7.65. The van der Waals surface area contributed by atoms with Crippen molar-refractivity contribution in [2.75, 3.05) is 32.8 Å². The number of alkyl halides is 4. The molecule has 2 aliphatic heterocycles. The summed E-state index contributed by atoms with van der Waals surface area (Å²) >= 11 is 0. The van der Waals surface area contributed by atoms with Crippen LogP contribution in [-0.2, 0) is 4.74 Å². The van der Waals surface area contributed by atoms with Gasteiger partial charge in [0.15, 0.2) is 6.35 Å². The second-order valence-electron chi connectivity index (χ2n) is 9.88. The molecule has 192 valence electrons. The molecule has 0 aromatic heterocycles. The minimum atomic E-state index is -4.14. The molecule has 0 radical (unpaired) electrons. The number of ether oxygens (including phenoxy) is 1. The average Bonchev–Trinajstić information content (AvgIpc) is 2.79. The number of halogens is 4. The van der Waals surface area contributed by atoms with Gasteiger partial charge in [0.05, 0.1) is 5.92 Å². The summed E-state index contributed by atoms with van der Waals surface area (Å²) in [5, 5.41) is 13.5. The first-order valence-corrected chi connectivity index (χ1v) is 12.7. The summed E-state index contributed by atoms with van der Waals surface area (Å²) in [5.41, 5.74) is 0. The summed E-state index contributed by atoms with van der Waals surface area (Å²) in [6.07, 6.45) is -0.518. The Bertz CT molecular complexity index is 606. The molecule has 2 aliphatic carbocycles. The lowest BCUT2D eigenvalue weighted by Gasteiger charge is -2.48. The van der Waals surface area contributed by atoms with Gasteiger partial charge in [0.2, 0.25) is 0 Å². The summed E-state index contributed by atoms with van der Waals surface area (Å²) in [6, 6.07) is -0.172. The molecule has 0 bridgehead atoms. The average molecular weight is 481 g/mol. The summed E-state index contributed by atoms with van der Waals surface area (Å²) in [7, 11) is 0. The van der Waals surface area contributed by atoms with Crippen LogP contribution in [0.2, 0.25) is 0 Å². The number of hydrogen-bond donors (Lipinski definition) is 4. The molecular weight excluding hydrogens is 440 g/mol. The number of nitrogens with one attached hydrogen (secondary N) is 4. The van der Waals surface area contributed by atoms with Gasteiger partial charge in [-0.3, -0.25) is 31.1 Å². The van der Waals surface area contributed by atoms with E-state index in [1.54, 1.807) is 0 Å². The molecule has 0 aromatic rings. The van der Waals surface area contributed by atoms with Crippen molar-refractivity contribution in [2.45, 2.75) is 102 Å². The second-order valence-corrected chi connectivity index (χ2v) is 9.88. The molecule has 4 fully saturated rings. The maximum Gasteiger partial charge on any atom is 0.391 e. The fraction of sp³-hybridized carbons (Fsp3) is 1.00. The summed E-state index contributed by atoms with van der Waals surface area (Å²) < 4.78 is 59.9. The van der Waals surface area contributed by atoms with Crippen LogP contribution in [-0.4, -0.2) is 85.9 Å². The Labute approximate surface area is 194 Å². The van der Waals surface area contributed by atoms with Gasteiger partial charge in [-0.15, -0.1) is 0 Å². The highest BCUT2D eigenvalue weighted by Gasteiger charge is 2.43. The van der Waals surface area contributed by atoms with Gasteiger partial charge in [0.1, 0.15) is 18.8 Å². The lowest BCUT2D eigenvalue weighted by atomic mass is 9.85. The zero-order valence-electron chi connectivity index (χ0n) is 19.5. The second kappa shape index (κ2) is 11.5. The van der Waals surface area contributed by atoms with E-state index >= 15 is 0 Å². The molecule has 7 unspecified atom stereocenters. The van der Waals surface area contributed by atoms with E-state index in [1.165, 1.54) is 0 Å². The maximum absolute atomic E-state index is 14.4. The lowest BCUT2D eigenvalue weighted by molar-refractivity contribution is -0.184. The molecular formula is C22H40F4N6O. The number of piperazine rings is 1. The van der Waals surface area contributed by atoms with Crippen LogP contribution in [0.3, 0.4) is 0 Å². The predicted molar refractivity (Wildman–Crippen MR) is 118 cm³/mol. The molecule has 0 spiro atoms. The van der Waals surface area contributed by atoms with Gasteiger partial charge in [0, 0.05) is 44.9 Å². The quantitative estimate of drug-likeness (QED) is 0.435. The van der Waals surface area contributed by atoms with E-state index in [9.17, 15) is 17.6 Å². The first kappa shape index (κ1) is 25.5. The van der Waals surface area contributed by atoms with E-state index in [1.807, 2.05) is 6.92 Å². The highest BCUT2D eigenvalue weighted by Crippen LogP contribution is 2.37. The van der Waals surface area contributed by atoms with Crippen LogP contribution in [0, 0.1) is 5.92 Å². The zero-order valence-corrected chi connectivity index (χ0v) is 19.5. The number of hydrogen-bond acceptors (Lipinski definition) is 7. The van der Waals surface area contributed by atoms with E-state index < -0.39 is 24.6 Å². The smallest absolute Gasteiger partial charge is 0.350 e. The van der Waals surface area contributed by atoms with Gasteiger partial charge in [0.25, 0.3) is 0 Å². The molecule has 11 heteroatoms. The molecule has 2 saturated heterocycles. The Balaban J connectivity index is 1.31. The van der Waals surface area contributed by atoms with Gasteiger partial charge in [-0.05, 0) is 39.0 Å². The standard InChI is InChI=1S/C22H40F4N6O/c1-2-33-21-29-19(27-16-7-5-6-15(14-16)22(24,25)26)28-20(30-21)32-12-10-31(11-13-32)18-9-4-3-8-17(18)23/h15-21,27-30H,2-14H2,1H3. The maximum atomic E-state index is 14.4. The Kier molecular flexibility index (Phi) is 8.86. The molecule has 0 aromatic carbocycles. The largest absolute Gasteiger partial charge is 0.391 e. The van der Waals surface area contributed by atoms with Crippen molar-refractivity contribution in [3.05, 3.63) is 0 Å². The van der Waals surface area contributed by atoms with Crippen molar-refractivity contribution in [1.82, 2.24) is 31.1 Å². The van der Waals surface area contributed by atoms with Crippen LogP contribution in [0.4, 0.5) is 17.6 Å². The predicted octanol–water partition coefficient (Wildman–Crippen LogP) is 2.27. The first-order chi connectivity index (χ1) is 15.8. The monoisotopic (exact) mass is 480 g/mol. The summed E-state index contributed by atoms with van der Waals surface area (Å²) in [5.74, 6) is -1.24.